The van der Waals surface area contributed by atoms with E-state index in [1.165, 1.54) is 30.0 Å². The number of ether oxygens (including phenoxy) is 1. The molecule has 0 spiro atoms. The number of carboxylic acids is 1. The Balaban J connectivity index is 2.21. The number of hydrogen-bond donors (Lipinski definition) is 1. The lowest BCUT2D eigenvalue weighted by atomic mass is 9.81. The third-order valence-corrected chi connectivity index (χ3v) is 9.73. The minimum absolute atomic E-state index is 0.000131. The fourth-order valence-corrected chi connectivity index (χ4v) is 7.20. The number of sulfone groups is 1. The summed E-state index contributed by atoms with van der Waals surface area (Å²) in [6, 6.07) is 9.46. The van der Waals surface area contributed by atoms with Crippen LogP contribution in [0.15, 0.2) is 46.2 Å². The predicted octanol–water partition coefficient (Wildman–Crippen LogP) is 6.55. The molecule has 0 amide bonds. The van der Waals surface area contributed by atoms with Crippen molar-refractivity contribution in [1.82, 2.24) is 0 Å². The lowest BCUT2D eigenvalue weighted by Gasteiger charge is -2.36. The summed E-state index contributed by atoms with van der Waals surface area (Å²) in [7, 11) is -3.72. The molecular weight excluding hydrogens is 501 g/mol. The van der Waals surface area contributed by atoms with Crippen molar-refractivity contribution in [3.8, 4) is 5.75 Å². The first-order chi connectivity index (χ1) is 16.9. The number of benzene rings is 2. The summed E-state index contributed by atoms with van der Waals surface area (Å²) in [5, 5.41) is 9.48. The number of anilines is 2. The molecule has 36 heavy (non-hydrogen) atoms. The second kappa shape index (κ2) is 11.0. The van der Waals surface area contributed by atoms with Gasteiger partial charge in [-0.3, -0.25) is 4.79 Å². The minimum atomic E-state index is -3.72. The zero-order valence-electron chi connectivity index (χ0n) is 21.6. The third-order valence-electron chi connectivity index (χ3n) is 6.98. The molecule has 0 saturated carbocycles. The van der Waals surface area contributed by atoms with Crippen molar-refractivity contribution in [2.45, 2.75) is 63.2 Å². The van der Waals surface area contributed by atoms with Crippen LogP contribution in [0.4, 0.5) is 15.8 Å². The molecule has 1 aliphatic heterocycles. The van der Waals surface area contributed by atoms with Crippen molar-refractivity contribution in [2.75, 3.05) is 30.1 Å². The molecule has 0 saturated heterocycles. The highest BCUT2D eigenvalue weighted by Gasteiger charge is 2.42. The van der Waals surface area contributed by atoms with Gasteiger partial charge >= 0.3 is 5.97 Å². The number of unbranched alkanes of at least 4 members (excludes halogenated alkanes) is 1. The van der Waals surface area contributed by atoms with Crippen LogP contribution in [0.3, 0.4) is 0 Å². The highest BCUT2D eigenvalue weighted by Crippen LogP contribution is 2.47. The van der Waals surface area contributed by atoms with Crippen LogP contribution in [-0.4, -0.2) is 44.7 Å². The molecule has 0 radical (unpaired) electrons. The van der Waals surface area contributed by atoms with Crippen LogP contribution in [0.2, 0.25) is 0 Å². The van der Waals surface area contributed by atoms with Gasteiger partial charge in [-0.05, 0) is 63.3 Å². The number of rotatable bonds is 10. The molecule has 0 fully saturated rings. The number of halogens is 1. The standard InChI is InChI=1S/C27H36FNO5S2/c1-6-8-13-27(7-2)16-29(20-11-9-19(28)10-12-20)21-14-23(35-5)22(15-24(21)36(32,33)18-27)34-17-26(3,4)25(30)31/h9-12,14-15H,6-8,13,16-18H2,1-5H3,(H,30,31). The van der Waals surface area contributed by atoms with E-state index in [2.05, 4.69) is 6.92 Å². The van der Waals surface area contributed by atoms with Gasteiger partial charge in [0.1, 0.15) is 18.2 Å². The van der Waals surface area contributed by atoms with Gasteiger partial charge in [0.2, 0.25) is 0 Å². The van der Waals surface area contributed by atoms with E-state index in [1.54, 1.807) is 32.0 Å². The van der Waals surface area contributed by atoms with Crippen molar-refractivity contribution in [1.29, 1.82) is 0 Å². The molecule has 1 aliphatic rings. The maximum atomic E-state index is 13.9. The first kappa shape index (κ1) is 28.3. The van der Waals surface area contributed by atoms with E-state index < -0.39 is 26.6 Å². The van der Waals surface area contributed by atoms with Gasteiger partial charge in [-0.2, -0.15) is 0 Å². The molecular formula is C27H36FNO5S2. The molecule has 3 rings (SSSR count). The van der Waals surface area contributed by atoms with E-state index >= 15 is 0 Å². The van der Waals surface area contributed by atoms with Crippen LogP contribution >= 0.6 is 11.8 Å². The summed E-state index contributed by atoms with van der Waals surface area (Å²) >= 11 is 1.40. The summed E-state index contributed by atoms with van der Waals surface area (Å²) in [5.74, 6) is -1.01. The van der Waals surface area contributed by atoms with Crippen molar-refractivity contribution < 1.29 is 27.4 Å². The maximum Gasteiger partial charge on any atom is 0.312 e. The zero-order valence-corrected chi connectivity index (χ0v) is 23.3. The summed E-state index contributed by atoms with van der Waals surface area (Å²) in [6.45, 7) is 7.63. The minimum Gasteiger partial charge on any atom is -0.491 e. The SMILES string of the molecule is CCCCC1(CC)CN(c2ccc(F)cc2)c2cc(SC)c(OCC(C)(C)C(=O)O)cc2S(=O)(=O)C1. The molecule has 1 heterocycles. The third kappa shape index (κ3) is 5.99. The fraction of sp³-hybridized carbons (Fsp3) is 0.519. The lowest BCUT2D eigenvalue weighted by Crippen LogP contribution is -2.37. The van der Waals surface area contributed by atoms with Crippen LogP contribution in [0.1, 0.15) is 53.4 Å². The number of fused-ring (bicyclic) bond motifs is 1. The van der Waals surface area contributed by atoms with E-state index in [-0.39, 0.29) is 23.1 Å². The van der Waals surface area contributed by atoms with Crippen molar-refractivity contribution in [2.24, 2.45) is 10.8 Å². The van der Waals surface area contributed by atoms with Crippen LogP contribution in [0.25, 0.3) is 0 Å². The number of hydrogen-bond acceptors (Lipinski definition) is 6. The van der Waals surface area contributed by atoms with Crippen molar-refractivity contribution in [3.63, 3.8) is 0 Å². The van der Waals surface area contributed by atoms with E-state index in [0.717, 1.165) is 24.9 Å². The number of aliphatic carboxylic acids is 1. The molecule has 6 nitrogen and oxygen atoms in total. The molecule has 0 aromatic heterocycles. The van der Waals surface area contributed by atoms with Gasteiger partial charge in [-0.15, -0.1) is 11.8 Å². The van der Waals surface area contributed by atoms with Crippen molar-refractivity contribution in [3.05, 3.63) is 42.2 Å². The smallest absolute Gasteiger partial charge is 0.312 e. The van der Waals surface area contributed by atoms with Crippen LogP contribution in [0.5, 0.6) is 5.75 Å². The van der Waals surface area contributed by atoms with Gasteiger partial charge in [0, 0.05) is 23.7 Å². The normalized spacial score (nSPS) is 19.4. The Morgan fingerprint density at radius 3 is 2.44 bits per heavy atom. The topological polar surface area (TPSA) is 83.9 Å². The van der Waals surface area contributed by atoms with Gasteiger partial charge < -0.3 is 14.7 Å². The summed E-state index contributed by atoms with van der Waals surface area (Å²) in [5.41, 5.74) is -0.368. The Morgan fingerprint density at radius 1 is 1.22 bits per heavy atom. The molecule has 0 aliphatic carbocycles. The highest BCUT2D eigenvalue weighted by atomic mass is 32.2. The van der Waals surface area contributed by atoms with E-state index in [4.69, 9.17) is 4.74 Å². The first-order valence-electron chi connectivity index (χ1n) is 12.2. The van der Waals surface area contributed by atoms with E-state index in [9.17, 15) is 22.7 Å². The predicted molar refractivity (Wildman–Crippen MR) is 143 cm³/mol. The highest BCUT2D eigenvalue weighted by molar-refractivity contribution is 7.98. The maximum absolute atomic E-state index is 13.9. The first-order valence-corrected chi connectivity index (χ1v) is 15.1. The molecule has 9 heteroatoms. The van der Waals surface area contributed by atoms with Gasteiger partial charge in [0.25, 0.3) is 0 Å². The summed E-state index contributed by atoms with van der Waals surface area (Å²) in [6.07, 6.45) is 5.17. The van der Waals surface area contributed by atoms with Gasteiger partial charge in [-0.25, -0.2) is 12.8 Å². The Bertz CT molecular complexity index is 1200. The molecule has 1 unspecified atom stereocenters. The largest absolute Gasteiger partial charge is 0.491 e. The van der Waals surface area contributed by atoms with E-state index in [0.29, 0.717) is 29.3 Å². The van der Waals surface area contributed by atoms with Gasteiger partial charge in [0.15, 0.2) is 9.84 Å². The molecule has 1 atom stereocenters. The summed E-state index contributed by atoms with van der Waals surface area (Å²) in [4.78, 5) is 14.4. The average Bonchev–Trinajstić information content (AvgIpc) is 2.93. The molecule has 198 valence electrons. The number of thioether (sulfide) groups is 1. The lowest BCUT2D eigenvalue weighted by molar-refractivity contribution is -0.148. The second-order valence-corrected chi connectivity index (χ2v) is 13.0. The van der Waals surface area contributed by atoms with Gasteiger partial charge in [0.05, 0.1) is 26.6 Å². The summed E-state index contributed by atoms with van der Waals surface area (Å²) < 4.78 is 47.5. The zero-order chi connectivity index (χ0) is 26.7. The van der Waals surface area contributed by atoms with E-state index in [1.807, 2.05) is 18.1 Å². The Hall–Kier alpha value is -2.26. The van der Waals surface area contributed by atoms with Crippen LogP contribution in [0, 0.1) is 16.6 Å². The quantitative estimate of drug-likeness (QED) is 0.344. The Kier molecular flexibility index (Phi) is 8.66. The van der Waals surface area contributed by atoms with Crippen LogP contribution < -0.4 is 9.64 Å². The number of nitrogens with zero attached hydrogens (tertiary/aromatic N) is 1. The number of carbonyl (C=O) groups is 1. The molecule has 1 N–H and O–H groups in total. The Labute approximate surface area is 218 Å². The molecule has 2 aromatic carbocycles. The van der Waals surface area contributed by atoms with Crippen molar-refractivity contribution >= 4 is 38.9 Å². The fourth-order valence-electron chi connectivity index (χ4n) is 4.47. The van der Waals surface area contributed by atoms with Gasteiger partial charge in [-0.1, -0.05) is 26.7 Å². The molecule has 2 aromatic rings. The second-order valence-electron chi connectivity index (χ2n) is 10.2. The Morgan fingerprint density at radius 2 is 1.89 bits per heavy atom. The average molecular weight is 538 g/mol. The monoisotopic (exact) mass is 537 g/mol. The molecule has 0 bridgehead atoms. The van der Waals surface area contributed by atoms with Crippen LogP contribution in [-0.2, 0) is 14.6 Å². The number of carboxylic acid groups (broad SMARTS) is 1.